The molecule has 3 aromatic rings. The maximum Gasteiger partial charge on any atom is 0.374 e. The Morgan fingerprint density at radius 3 is 2.85 bits per heavy atom. The van der Waals surface area contributed by atoms with Gasteiger partial charge in [0.25, 0.3) is 0 Å². The minimum Gasteiger partial charge on any atom is -0.320 e. The first-order chi connectivity index (χ1) is 9.55. The summed E-state index contributed by atoms with van der Waals surface area (Å²) >= 11 is 0. The second-order valence-corrected chi connectivity index (χ2v) is 5.75. The molecule has 0 radical (unpaired) electrons. The van der Waals surface area contributed by atoms with E-state index in [1.54, 1.807) is 18.2 Å². The van der Waals surface area contributed by atoms with Crippen molar-refractivity contribution >= 4 is 18.7 Å². The summed E-state index contributed by atoms with van der Waals surface area (Å²) in [5.41, 5.74) is 1.10. The van der Waals surface area contributed by atoms with Gasteiger partial charge in [-0.2, -0.15) is 5.21 Å². The lowest BCUT2D eigenvalue weighted by Gasteiger charge is -2.09. The molecule has 0 atom stereocenters. The number of hydrogen-bond acceptors (Lipinski definition) is 5. The first-order valence-corrected chi connectivity index (χ1v) is 7.41. The highest BCUT2D eigenvalue weighted by molar-refractivity contribution is 7.60. The molecule has 20 heavy (non-hydrogen) atoms. The van der Waals surface area contributed by atoms with Crippen LogP contribution in [-0.4, -0.2) is 39.8 Å². The Morgan fingerprint density at radius 2 is 2.15 bits per heavy atom. The summed E-state index contributed by atoms with van der Waals surface area (Å²) in [6, 6.07) is 5.27. The summed E-state index contributed by atoms with van der Waals surface area (Å²) in [5.74, 6) is 0.542. The van der Waals surface area contributed by atoms with E-state index in [-0.39, 0.29) is 5.44 Å². The predicted octanol–water partition coefficient (Wildman–Crippen LogP) is -0.564. The summed E-state index contributed by atoms with van der Waals surface area (Å²) < 4.78 is 13.0. The van der Waals surface area contributed by atoms with Crippen molar-refractivity contribution in [1.82, 2.24) is 30.0 Å². The summed E-state index contributed by atoms with van der Waals surface area (Å²) in [7, 11) is -4.38. The number of hydrogen-bond donors (Lipinski definition) is 3. The largest absolute Gasteiger partial charge is 0.374 e. The quantitative estimate of drug-likeness (QED) is 0.550. The highest BCUT2D eigenvalue weighted by Crippen LogP contribution is 2.33. The van der Waals surface area contributed by atoms with E-state index < -0.39 is 7.60 Å². The van der Waals surface area contributed by atoms with Crippen molar-refractivity contribution in [2.24, 2.45) is 0 Å². The minimum absolute atomic E-state index is 0.115. The Labute approximate surface area is 112 Å². The fourth-order valence-corrected chi connectivity index (χ4v) is 2.72. The van der Waals surface area contributed by atoms with Gasteiger partial charge >= 0.3 is 7.60 Å². The normalized spacial score (nSPS) is 12.1. The van der Waals surface area contributed by atoms with Crippen molar-refractivity contribution in [2.75, 3.05) is 0 Å². The van der Waals surface area contributed by atoms with Gasteiger partial charge in [-0.15, -0.1) is 10.2 Å². The highest BCUT2D eigenvalue weighted by atomic mass is 31.2. The van der Waals surface area contributed by atoms with Gasteiger partial charge in [0, 0.05) is 12.1 Å². The van der Waals surface area contributed by atoms with Crippen molar-refractivity contribution in [3.8, 4) is 0 Å². The first kappa shape index (κ1) is 12.9. The molecule has 104 valence electrons. The molecule has 0 saturated carbocycles. The number of nitrogens with one attached hydrogen (secondary N) is 1. The van der Waals surface area contributed by atoms with E-state index in [0.29, 0.717) is 24.3 Å². The van der Waals surface area contributed by atoms with Crippen LogP contribution in [-0.2, 0) is 17.4 Å². The van der Waals surface area contributed by atoms with Crippen molar-refractivity contribution < 1.29 is 14.4 Å². The number of aryl methyl sites for hydroxylation is 2. The Kier molecular flexibility index (Phi) is 3.09. The Bertz CT molecular complexity index is 778. The molecule has 0 aliphatic heterocycles. The molecule has 3 N–H and O–H groups in total. The fraction of sp³-hybridized carbons (Fsp3) is 0.200. The van der Waals surface area contributed by atoms with Gasteiger partial charge in [-0.1, -0.05) is 11.3 Å². The van der Waals surface area contributed by atoms with E-state index in [1.807, 2.05) is 0 Å². The number of aromatic amines is 1. The standard InChI is InChI=1S/C10H11N6O3P/c17-20(18,19)10-6-11-9-3-1-2-7(16(9)10)4-5-8-12-14-15-13-8/h1-3,6H,4-5H2,(H2,17,18,19)(H,12,13,14,15). The van der Waals surface area contributed by atoms with Gasteiger partial charge in [-0.05, 0) is 18.6 Å². The number of H-pyrrole nitrogens is 1. The molecular formula is C10H11N6O3P. The zero-order chi connectivity index (χ0) is 14.2. The Balaban J connectivity index is 2.02. The van der Waals surface area contributed by atoms with E-state index >= 15 is 0 Å². The molecule has 9 nitrogen and oxygen atoms in total. The molecule has 0 aliphatic carbocycles. The van der Waals surface area contributed by atoms with Crippen LogP contribution in [0.3, 0.4) is 0 Å². The topological polar surface area (TPSA) is 129 Å². The molecule has 0 aliphatic rings. The third kappa shape index (κ3) is 2.34. The summed E-state index contributed by atoms with van der Waals surface area (Å²) in [4.78, 5) is 22.7. The van der Waals surface area contributed by atoms with Gasteiger partial charge in [0.15, 0.2) is 11.3 Å². The smallest absolute Gasteiger partial charge is 0.320 e. The van der Waals surface area contributed by atoms with E-state index in [9.17, 15) is 14.4 Å². The Morgan fingerprint density at radius 1 is 1.30 bits per heavy atom. The highest BCUT2D eigenvalue weighted by Gasteiger charge is 2.23. The van der Waals surface area contributed by atoms with Gasteiger partial charge in [0.1, 0.15) is 5.65 Å². The van der Waals surface area contributed by atoms with Gasteiger partial charge in [0.05, 0.1) is 6.20 Å². The number of aromatic nitrogens is 6. The van der Waals surface area contributed by atoms with Crippen molar-refractivity contribution in [3.05, 3.63) is 35.9 Å². The van der Waals surface area contributed by atoms with Crippen LogP contribution in [0.4, 0.5) is 0 Å². The van der Waals surface area contributed by atoms with Crippen LogP contribution in [0.15, 0.2) is 24.4 Å². The monoisotopic (exact) mass is 294 g/mol. The average Bonchev–Trinajstić information content (AvgIpc) is 3.04. The molecule has 0 aromatic carbocycles. The molecule has 10 heteroatoms. The SMILES string of the molecule is O=P(O)(O)c1cnc2cccc(CCc3nn[nH]n3)n12. The van der Waals surface area contributed by atoms with Crippen LogP contribution in [0, 0.1) is 0 Å². The molecule has 3 aromatic heterocycles. The summed E-state index contributed by atoms with van der Waals surface area (Å²) in [6.07, 6.45) is 2.22. The van der Waals surface area contributed by atoms with Gasteiger partial charge in [0.2, 0.25) is 0 Å². The molecule has 3 rings (SSSR count). The Hall–Kier alpha value is -2.09. The molecule has 3 heterocycles. The van der Waals surface area contributed by atoms with Crippen molar-refractivity contribution in [1.29, 1.82) is 0 Å². The van der Waals surface area contributed by atoms with E-state index in [0.717, 1.165) is 5.69 Å². The van der Waals surface area contributed by atoms with E-state index in [4.69, 9.17) is 0 Å². The maximum atomic E-state index is 11.5. The number of pyridine rings is 1. The van der Waals surface area contributed by atoms with E-state index in [1.165, 1.54) is 10.6 Å². The molecule has 0 spiro atoms. The number of fused-ring (bicyclic) bond motifs is 1. The van der Waals surface area contributed by atoms with Crippen molar-refractivity contribution in [3.63, 3.8) is 0 Å². The molecule has 0 amide bonds. The van der Waals surface area contributed by atoms with Crippen LogP contribution in [0.5, 0.6) is 0 Å². The average molecular weight is 294 g/mol. The lowest BCUT2D eigenvalue weighted by atomic mass is 10.2. The fourth-order valence-electron chi connectivity index (χ4n) is 2.02. The van der Waals surface area contributed by atoms with Crippen LogP contribution < -0.4 is 5.44 Å². The van der Waals surface area contributed by atoms with Gasteiger partial charge in [-0.3, -0.25) is 8.97 Å². The second kappa shape index (κ2) is 4.78. The number of nitrogens with zero attached hydrogens (tertiary/aromatic N) is 5. The second-order valence-electron chi connectivity index (χ2n) is 4.20. The third-order valence-electron chi connectivity index (χ3n) is 2.88. The van der Waals surface area contributed by atoms with E-state index in [2.05, 4.69) is 25.6 Å². The van der Waals surface area contributed by atoms with Crippen LogP contribution >= 0.6 is 7.60 Å². The summed E-state index contributed by atoms with van der Waals surface area (Å²) in [6.45, 7) is 0. The van der Waals surface area contributed by atoms with Gasteiger partial charge < -0.3 is 9.79 Å². The molecule has 0 unspecified atom stereocenters. The first-order valence-electron chi connectivity index (χ1n) is 5.79. The molecule has 0 bridgehead atoms. The molecular weight excluding hydrogens is 283 g/mol. The predicted molar refractivity (Wildman–Crippen MR) is 68.5 cm³/mol. The molecule has 0 saturated heterocycles. The number of imidazole rings is 1. The zero-order valence-corrected chi connectivity index (χ0v) is 11.1. The van der Waals surface area contributed by atoms with Crippen molar-refractivity contribution in [2.45, 2.75) is 12.8 Å². The van der Waals surface area contributed by atoms with Crippen LogP contribution in [0.1, 0.15) is 11.5 Å². The van der Waals surface area contributed by atoms with Crippen LogP contribution in [0.25, 0.3) is 5.65 Å². The molecule has 0 fully saturated rings. The number of tetrazole rings is 1. The number of rotatable bonds is 4. The zero-order valence-electron chi connectivity index (χ0n) is 10.2. The lowest BCUT2D eigenvalue weighted by Crippen LogP contribution is -2.14. The summed E-state index contributed by atoms with van der Waals surface area (Å²) in [5, 5.41) is 13.5. The van der Waals surface area contributed by atoms with Gasteiger partial charge in [-0.25, -0.2) is 4.98 Å². The minimum atomic E-state index is -4.38. The third-order valence-corrected chi connectivity index (χ3v) is 3.80. The lowest BCUT2D eigenvalue weighted by molar-refractivity contribution is 0.386. The van der Waals surface area contributed by atoms with Crippen LogP contribution in [0.2, 0.25) is 0 Å². The maximum absolute atomic E-state index is 11.5.